The van der Waals surface area contributed by atoms with Crippen molar-refractivity contribution in [2.45, 2.75) is 335 Å². The van der Waals surface area contributed by atoms with Crippen LogP contribution in [0, 0.1) is 0 Å². The fraction of sp³-hybridized carbons (Fsp3) is 0.857. The molecule has 0 aliphatic rings. The van der Waals surface area contributed by atoms with Crippen molar-refractivity contribution in [2.24, 2.45) is 0 Å². The molecule has 0 N–H and O–H groups in total. The molecule has 0 aromatic heterocycles. The number of ether oxygens (including phenoxy) is 3. The highest BCUT2D eigenvalue weighted by Gasteiger charge is 2.19. The molecular formula is C63H116O6. The number of allylic oxidation sites excluding steroid dienone is 6. The standard InChI is InChI=1S/C63H116O6/c1-4-7-10-13-16-19-22-25-28-29-30-31-32-33-36-38-41-44-47-50-53-56-62(65)68-59-60(69-63(66)57-54-51-48-45-42-39-35-27-24-21-18-15-12-9-6-3)58-67-61(64)55-52-49-46-43-40-37-34-26-23-20-17-14-11-8-5-2/h22,25,27,29-30,35,60H,4-21,23-24,26,28,31-34,36-59H2,1-3H3/b25-22-,30-29-,35-27-. The fourth-order valence-corrected chi connectivity index (χ4v) is 9.00. The SMILES string of the molecule is CCCCCCC/C=C\C/C=C\CCCCCCCCCCCC(=O)OCC(COC(=O)CCCCCCCCCCCCCCCCC)OC(=O)CCCCCCC/C=C\CCCCCCCC. The van der Waals surface area contributed by atoms with Crippen molar-refractivity contribution < 1.29 is 28.6 Å². The summed E-state index contributed by atoms with van der Waals surface area (Å²) in [5.74, 6) is -0.866. The second kappa shape index (κ2) is 58.2. The van der Waals surface area contributed by atoms with Gasteiger partial charge in [-0.15, -0.1) is 0 Å². The molecular weight excluding hydrogens is 853 g/mol. The maximum atomic E-state index is 12.9. The third kappa shape index (κ3) is 56.4. The van der Waals surface area contributed by atoms with Crippen molar-refractivity contribution in [2.75, 3.05) is 13.2 Å². The van der Waals surface area contributed by atoms with E-state index in [1.807, 2.05) is 0 Å². The Kier molecular flexibility index (Phi) is 56.2. The van der Waals surface area contributed by atoms with Crippen LogP contribution in [0.2, 0.25) is 0 Å². The summed E-state index contributed by atoms with van der Waals surface area (Å²) in [5, 5.41) is 0. The summed E-state index contributed by atoms with van der Waals surface area (Å²) < 4.78 is 16.9. The highest BCUT2D eigenvalue weighted by atomic mass is 16.6. The van der Waals surface area contributed by atoms with Crippen LogP contribution in [-0.2, 0) is 28.6 Å². The Hall–Kier alpha value is -2.37. The lowest BCUT2D eigenvalue weighted by Crippen LogP contribution is -2.30. The lowest BCUT2D eigenvalue weighted by Gasteiger charge is -2.18. The monoisotopic (exact) mass is 969 g/mol. The average molecular weight is 970 g/mol. The van der Waals surface area contributed by atoms with E-state index < -0.39 is 6.10 Å². The summed E-state index contributed by atoms with van der Waals surface area (Å²) >= 11 is 0. The maximum Gasteiger partial charge on any atom is 0.306 e. The van der Waals surface area contributed by atoms with Gasteiger partial charge in [-0.2, -0.15) is 0 Å². The van der Waals surface area contributed by atoms with Gasteiger partial charge in [-0.3, -0.25) is 14.4 Å². The summed E-state index contributed by atoms with van der Waals surface area (Å²) in [6.07, 6.45) is 69.9. The largest absolute Gasteiger partial charge is 0.462 e. The van der Waals surface area contributed by atoms with E-state index in [9.17, 15) is 14.4 Å². The summed E-state index contributed by atoms with van der Waals surface area (Å²) in [7, 11) is 0. The predicted octanol–water partition coefficient (Wildman–Crippen LogP) is 20.4. The Morgan fingerprint density at radius 3 is 0.812 bits per heavy atom. The Labute approximate surface area is 429 Å². The first-order chi connectivity index (χ1) is 34.0. The van der Waals surface area contributed by atoms with Crippen molar-refractivity contribution >= 4 is 17.9 Å². The first-order valence-electron chi connectivity index (χ1n) is 30.5. The minimum atomic E-state index is -0.775. The minimum Gasteiger partial charge on any atom is -0.462 e. The molecule has 0 saturated carbocycles. The molecule has 0 fully saturated rings. The zero-order valence-electron chi connectivity index (χ0n) is 46.3. The molecule has 6 heteroatoms. The van der Waals surface area contributed by atoms with Gasteiger partial charge in [-0.25, -0.2) is 0 Å². The van der Waals surface area contributed by atoms with E-state index in [4.69, 9.17) is 14.2 Å². The molecule has 0 amide bonds. The molecule has 0 rings (SSSR count). The first-order valence-corrected chi connectivity index (χ1v) is 30.5. The minimum absolute atomic E-state index is 0.0728. The number of unbranched alkanes of at least 4 members (excludes halogenated alkanes) is 39. The molecule has 0 aromatic rings. The Balaban J connectivity index is 4.32. The summed E-state index contributed by atoms with van der Waals surface area (Å²) in [4.78, 5) is 38.2. The highest BCUT2D eigenvalue weighted by Crippen LogP contribution is 2.17. The van der Waals surface area contributed by atoms with Crippen LogP contribution in [0.3, 0.4) is 0 Å². The van der Waals surface area contributed by atoms with E-state index in [-0.39, 0.29) is 31.1 Å². The second-order valence-corrected chi connectivity index (χ2v) is 20.6. The number of rotatable bonds is 56. The molecule has 404 valence electrons. The van der Waals surface area contributed by atoms with E-state index in [2.05, 4.69) is 57.2 Å². The Morgan fingerprint density at radius 1 is 0.290 bits per heavy atom. The van der Waals surface area contributed by atoms with Gasteiger partial charge in [0.2, 0.25) is 0 Å². The van der Waals surface area contributed by atoms with Gasteiger partial charge in [0.05, 0.1) is 0 Å². The highest BCUT2D eigenvalue weighted by molar-refractivity contribution is 5.71. The maximum absolute atomic E-state index is 12.9. The van der Waals surface area contributed by atoms with Crippen LogP contribution < -0.4 is 0 Å². The van der Waals surface area contributed by atoms with Crippen molar-refractivity contribution in [1.29, 1.82) is 0 Å². The van der Waals surface area contributed by atoms with Crippen LogP contribution >= 0.6 is 0 Å². The van der Waals surface area contributed by atoms with Gasteiger partial charge in [-0.1, -0.05) is 269 Å². The third-order valence-electron chi connectivity index (χ3n) is 13.6. The van der Waals surface area contributed by atoms with E-state index in [0.29, 0.717) is 19.3 Å². The lowest BCUT2D eigenvalue weighted by molar-refractivity contribution is -0.167. The molecule has 0 aliphatic heterocycles. The van der Waals surface area contributed by atoms with Crippen LogP contribution in [0.25, 0.3) is 0 Å². The molecule has 1 unspecified atom stereocenters. The van der Waals surface area contributed by atoms with E-state index >= 15 is 0 Å². The molecule has 0 aliphatic carbocycles. The van der Waals surface area contributed by atoms with Gasteiger partial charge in [0.25, 0.3) is 0 Å². The predicted molar refractivity (Wildman–Crippen MR) is 298 cm³/mol. The van der Waals surface area contributed by atoms with E-state index in [1.165, 1.54) is 218 Å². The van der Waals surface area contributed by atoms with Gasteiger partial charge in [-0.05, 0) is 77.0 Å². The van der Waals surface area contributed by atoms with Crippen LogP contribution in [0.5, 0.6) is 0 Å². The molecule has 0 aromatic carbocycles. The number of carbonyl (C=O) groups is 3. The number of hydrogen-bond donors (Lipinski definition) is 0. The van der Waals surface area contributed by atoms with Crippen LogP contribution in [0.4, 0.5) is 0 Å². The number of esters is 3. The molecule has 0 radical (unpaired) electrons. The molecule has 0 heterocycles. The quantitative estimate of drug-likeness (QED) is 0.0261. The van der Waals surface area contributed by atoms with Gasteiger partial charge < -0.3 is 14.2 Å². The zero-order valence-corrected chi connectivity index (χ0v) is 46.3. The van der Waals surface area contributed by atoms with Crippen molar-refractivity contribution in [3.05, 3.63) is 36.5 Å². The van der Waals surface area contributed by atoms with Gasteiger partial charge in [0, 0.05) is 19.3 Å². The fourth-order valence-electron chi connectivity index (χ4n) is 9.00. The van der Waals surface area contributed by atoms with Crippen molar-refractivity contribution in [3.63, 3.8) is 0 Å². The number of carbonyl (C=O) groups excluding carboxylic acids is 3. The third-order valence-corrected chi connectivity index (χ3v) is 13.6. The second-order valence-electron chi connectivity index (χ2n) is 20.6. The van der Waals surface area contributed by atoms with Gasteiger partial charge in [0.1, 0.15) is 13.2 Å². The van der Waals surface area contributed by atoms with Crippen LogP contribution in [0.15, 0.2) is 36.5 Å². The average Bonchev–Trinajstić information content (AvgIpc) is 3.35. The molecule has 0 saturated heterocycles. The molecule has 0 bridgehead atoms. The van der Waals surface area contributed by atoms with Crippen molar-refractivity contribution in [1.82, 2.24) is 0 Å². The van der Waals surface area contributed by atoms with Crippen LogP contribution in [0.1, 0.15) is 329 Å². The Bertz CT molecular complexity index is 1160. The van der Waals surface area contributed by atoms with E-state index in [1.54, 1.807) is 0 Å². The van der Waals surface area contributed by atoms with Gasteiger partial charge in [0.15, 0.2) is 6.10 Å². The first kappa shape index (κ1) is 66.6. The molecule has 6 nitrogen and oxygen atoms in total. The zero-order chi connectivity index (χ0) is 50.0. The topological polar surface area (TPSA) is 78.9 Å². The normalized spacial score (nSPS) is 12.2. The van der Waals surface area contributed by atoms with Crippen LogP contribution in [-0.4, -0.2) is 37.2 Å². The summed E-state index contributed by atoms with van der Waals surface area (Å²) in [5.41, 5.74) is 0. The lowest BCUT2D eigenvalue weighted by atomic mass is 10.0. The van der Waals surface area contributed by atoms with E-state index in [0.717, 1.165) is 70.6 Å². The summed E-state index contributed by atoms with van der Waals surface area (Å²) in [6.45, 7) is 6.66. The molecule has 1 atom stereocenters. The summed E-state index contributed by atoms with van der Waals surface area (Å²) in [6, 6.07) is 0. The molecule has 0 spiro atoms. The molecule has 69 heavy (non-hydrogen) atoms. The smallest absolute Gasteiger partial charge is 0.306 e. The number of hydrogen-bond acceptors (Lipinski definition) is 6. The van der Waals surface area contributed by atoms with Crippen molar-refractivity contribution in [3.8, 4) is 0 Å². The Morgan fingerprint density at radius 2 is 0.522 bits per heavy atom. The van der Waals surface area contributed by atoms with Gasteiger partial charge >= 0.3 is 17.9 Å².